The number of rotatable bonds is 5. The van der Waals surface area contributed by atoms with Crippen LogP contribution in [0.4, 0.5) is 11.7 Å². The Morgan fingerprint density at radius 3 is 2.78 bits per heavy atom. The second kappa shape index (κ2) is 5.64. The van der Waals surface area contributed by atoms with Gasteiger partial charge in [0.15, 0.2) is 0 Å². The molecule has 0 saturated carbocycles. The smallest absolute Gasteiger partial charge is 0.320 e. The van der Waals surface area contributed by atoms with E-state index in [0.29, 0.717) is 18.5 Å². The van der Waals surface area contributed by atoms with E-state index in [-0.39, 0.29) is 0 Å². The van der Waals surface area contributed by atoms with Crippen molar-refractivity contribution in [2.75, 3.05) is 12.4 Å². The third-order valence-corrected chi connectivity index (χ3v) is 2.77. The number of benzene rings is 1. The van der Waals surface area contributed by atoms with Gasteiger partial charge in [-0.25, -0.2) is 0 Å². The third-order valence-electron chi connectivity index (χ3n) is 2.77. The molecule has 5 nitrogen and oxygen atoms in total. The van der Waals surface area contributed by atoms with Crippen LogP contribution in [0.15, 0.2) is 22.6 Å². The average molecular weight is 246 g/mol. The number of hydrogen-bond donors (Lipinski definition) is 2. The van der Waals surface area contributed by atoms with Gasteiger partial charge in [-0.15, -0.1) is 5.10 Å². The van der Waals surface area contributed by atoms with Crippen LogP contribution in [-0.4, -0.2) is 17.2 Å². The third kappa shape index (κ3) is 2.87. The van der Waals surface area contributed by atoms with Gasteiger partial charge in [0.1, 0.15) is 0 Å². The molecule has 18 heavy (non-hydrogen) atoms. The molecule has 0 amide bonds. The van der Waals surface area contributed by atoms with Crippen molar-refractivity contribution < 1.29 is 4.42 Å². The first kappa shape index (κ1) is 12.6. The highest BCUT2D eigenvalue weighted by Gasteiger charge is 2.06. The Bertz CT molecular complexity index is 521. The molecule has 0 bridgehead atoms. The highest BCUT2D eigenvalue weighted by molar-refractivity contribution is 5.54. The summed E-state index contributed by atoms with van der Waals surface area (Å²) in [4.78, 5) is 0. The minimum atomic E-state index is 0.420. The standard InChI is InChI=1S/C13H18N4O/c1-4-10-5-6-11(7-9(10)2)15-13-17-16-12(18-13)8-14-3/h5-7,14H,4,8H2,1-3H3,(H,15,17). The van der Waals surface area contributed by atoms with Gasteiger partial charge in [0.05, 0.1) is 6.54 Å². The van der Waals surface area contributed by atoms with E-state index in [1.807, 2.05) is 13.1 Å². The summed E-state index contributed by atoms with van der Waals surface area (Å²) in [6.07, 6.45) is 1.04. The molecule has 1 aromatic heterocycles. The lowest BCUT2D eigenvalue weighted by molar-refractivity contribution is 0.493. The first-order valence-corrected chi connectivity index (χ1v) is 6.06. The Labute approximate surface area is 107 Å². The molecule has 2 rings (SSSR count). The summed E-state index contributed by atoms with van der Waals surface area (Å²) >= 11 is 0. The highest BCUT2D eigenvalue weighted by atomic mass is 16.4. The predicted molar refractivity (Wildman–Crippen MR) is 70.9 cm³/mol. The fourth-order valence-electron chi connectivity index (χ4n) is 1.82. The number of aromatic nitrogens is 2. The van der Waals surface area contributed by atoms with Gasteiger partial charge in [-0.3, -0.25) is 0 Å². The Morgan fingerprint density at radius 1 is 1.28 bits per heavy atom. The first-order valence-electron chi connectivity index (χ1n) is 6.06. The van der Waals surface area contributed by atoms with Crippen LogP contribution in [0.25, 0.3) is 0 Å². The van der Waals surface area contributed by atoms with Gasteiger partial charge in [0.2, 0.25) is 5.89 Å². The quantitative estimate of drug-likeness (QED) is 0.848. The molecule has 2 aromatic rings. The van der Waals surface area contributed by atoms with Crippen LogP contribution in [0.3, 0.4) is 0 Å². The normalized spacial score (nSPS) is 10.6. The van der Waals surface area contributed by atoms with Crippen molar-refractivity contribution >= 4 is 11.7 Å². The number of anilines is 2. The zero-order chi connectivity index (χ0) is 13.0. The van der Waals surface area contributed by atoms with Crippen molar-refractivity contribution in [1.82, 2.24) is 15.5 Å². The molecule has 5 heteroatoms. The van der Waals surface area contributed by atoms with Crippen LogP contribution < -0.4 is 10.6 Å². The summed E-state index contributed by atoms with van der Waals surface area (Å²) < 4.78 is 5.43. The Hall–Kier alpha value is -1.88. The fourth-order valence-corrected chi connectivity index (χ4v) is 1.82. The first-order chi connectivity index (χ1) is 8.72. The van der Waals surface area contributed by atoms with Crippen molar-refractivity contribution in [3.8, 4) is 0 Å². The topological polar surface area (TPSA) is 63.0 Å². The monoisotopic (exact) mass is 246 g/mol. The summed E-state index contributed by atoms with van der Waals surface area (Å²) in [5, 5.41) is 13.9. The maximum Gasteiger partial charge on any atom is 0.320 e. The van der Waals surface area contributed by atoms with E-state index in [1.54, 1.807) is 0 Å². The minimum Gasteiger partial charge on any atom is -0.406 e. The number of aryl methyl sites for hydroxylation is 2. The summed E-state index contributed by atoms with van der Waals surface area (Å²) in [6.45, 7) is 4.82. The summed E-state index contributed by atoms with van der Waals surface area (Å²) in [7, 11) is 1.84. The van der Waals surface area contributed by atoms with E-state index < -0.39 is 0 Å². The van der Waals surface area contributed by atoms with E-state index in [1.165, 1.54) is 11.1 Å². The number of nitrogens with zero attached hydrogens (tertiary/aromatic N) is 2. The van der Waals surface area contributed by atoms with E-state index >= 15 is 0 Å². The second-order valence-corrected chi connectivity index (χ2v) is 4.15. The molecule has 0 aliphatic heterocycles. The van der Waals surface area contributed by atoms with Gasteiger partial charge >= 0.3 is 6.01 Å². The zero-order valence-electron chi connectivity index (χ0n) is 10.9. The largest absolute Gasteiger partial charge is 0.406 e. The molecule has 0 spiro atoms. The zero-order valence-corrected chi connectivity index (χ0v) is 10.9. The molecule has 0 atom stereocenters. The molecule has 0 fully saturated rings. The fraction of sp³-hybridized carbons (Fsp3) is 0.385. The molecule has 0 aliphatic rings. The van der Waals surface area contributed by atoms with Crippen molar-refractivity contribution in [2.45, 2.75) is 26.8 Å². The van der Waals surface area contributed by atoms with Gasteiger partial charge in [0.25, 0.3) is 0 Å². The molecule has 96 valence electrons. The minimum absolute atomic E-state index is 0.420. The van der Waals surface area contributed by atoms with Crippen LogP contribution in [0.5, 0.6) is 0 Å². The van der Waals surface area contributed by atoms with E-state index in [2.05, 4.69) is 46.8 Å². The van der Waals surface area contributed by atoms with Crippen molar-refractivity contribution in [3.63, 3.8) is 0 Å². The van der Waals surface area contributed by atoms with Crippen LogP contribution in [0, 0.1) is 6.92 Å². The van der Waals surface area contributed by atoms with Gasteiger partial charge in [-0.05, 0) is 43.7 Å². The van der Waals surface area contributed by atoms with E-state index in [0.717, 1.165) is 12.1 Å². The van der Waals surface area contributed by atoms with Gasteiger partial charge in [0, 0.05) is 5.69 Å². The second-order valence-electron chi connectivity index (χ2n) is 4.15. The van der Waals surface area contributed by atoms with Crippen LogP contribution in [0.2, 0.25) is 0 Å². The van der Waals surface area contributed by atoms with Crippen LogP contribution in [0.1, 0.15) is 23.9 Å². The maximum absolute atomic E-state index is 5.43. The maximum atomic E-state index is 5.43. The average Bonchev–Trinajstić information content (AvgIpc) is 2.77. The molecule has 0 radical (unpaired) electrons. The van der Waals surface area contributed by atoms with Crippen molar-refractivity contribution in [3.05, 3.63) is 35.2 Å². The Kier molecular flexibility index (Phi) is 3.94. The van der Waals surface area contributed by atoms with Gasteiger partial charge < -0.3 is 15.1 Å². The molecular weight excluding hydrogens is 228 g/mol. The lowest BCUT2D eigenvalue weighted by Gasteiger charge is -2.06. The lowest BCUT2D eigenvalue weighted by atomic mass is 10.1. The lowest BCUT2D eigenvalue weighted by Crippen LogP contribution is -2.04. The number of hydrogen-bond acceptors (Lipinski definition) is 5. The predicted octanol–water partition coefficient (Wildman–Crippen LogP) is 2.40. The van der Waals surface area contributed by atoms with Crippen LogP contribution >= 0.6 is 0 Å². The Morgan fingerprint density at radius 2 is 2.11 bits per heavy atom. The molecule has 0 aliphatic carbocycles. The summed E-state index contributed by atoms with van der Waals surface area (Å²) in [5.41, 5.74) is 3.57. The Balaban J connectivity index is 2.10. The van der Waals surface area contributed by atoms with Gasteiger partial charge in [-0.2, -0.15) is 0 Å². The molecule has 0 unspecified atom stereocenters. The van der Waals surface area contributed by atoms with Crippen LogP contribution in [-0.2, 0) is 13.0 Å². The summed E-state index contributed by atoms with van der Waals surface area (Å²) in [6, 6.07) is 6.64. The molecular formula is C13H18N4O. The number of nitrogens with one attached hydrogen (secondary N) is 2. The van der Waals surface area contributed by atoms with Crippen molar-refractivity contribution in [1.29, 1.82) is 0 Å². The van der Waals surface area contributed by atoms with Crippen molar-refractivity contribution in [2.24, 2.45) is 0 Å². The SMILES string of the molecule is CCc1ccc(Nc2nnc(CNC)o2)cc1C. The van der Waals surface area contributed by atoms with E-state index in [4.69, 9.17) is 4.42 Å². The van der Waals surface area contributed by atoms with E-state index in [9.17, 15) is 0 Å². The van der Waals surface area contributed by atoms with Gasteiger partial charge in [-0.1, -0.05) is 18.1 Å². The molecule has 2 N–H and O–H groups in total. The molecule has 0 saturated heterocycles. The molecule has 1 aromatic carbocycles. The summed E-state index contributed by atoms with van der Waals surface area (Å²) in [5.74, 6) is 0.571. The highest BCUT2D eigenvalue weighted by Crippen LogP contribution is 2.19. The molecule has 1 heterocycles.